The van der Waals surface area contributed by atoms with Gasteiger partial charge < -0.3 is 15.5 Å². The number of carbonyl (C=O) groups excluding carboxylic acids is 1. The molecule has 1 aliphatic rings. The first-order chi connectivity index (χ1) is 9.16. The van der Waals surface area contributed by atoms with Crippen molar-refractivity contribution in [3.05, 3.63) is 35.4 Å². The number of rotatable bonds is 6. The number of carbonyl (C=O) groups is 1. The zero-order chi connectivity index (χ0) is 13.7. The average Bonchev–Trinajstić information content (AvgIpc) is 3.23. The van der Waals surface area contributed by atoms with Crippen molar-refractivity contribution in [3.8, 4) is 0 Å². The van der Waals surface area contributed by atoms with E-state index in [0.29, 0.717) is 6.54 Å². The summed E-state index contributed by atoms with van der Waals surface area (Å²) in [6, 6.07) is 8.82. The Labute approximate surface area is 115 Å². The molecule has 0 radical (unpaired) electrons. The molecule has 0 aromatic heterocycles. The highest BCUT2D eigenvalue weighted by Gasteiger charge is 2.22. The van der Waals surface area contributed by atoms with Gasteiger partial charge in [-0.3, -0.25) is 0 Å². The van der Waals surface area contributed by atoms with Gasteiger partial charge in [-0.1, -0.05) is 24.3 Å². The molecule has 1 saturated carbocycles. The molecule has 0 atom stereocenters. The average molecular weight is 261 g/mol. The fourth-order valence-electron chi connectivity index (χ4n) is 1.97. The number of urea groups is 1. The highest BCUT2D eigenvalue weighted by atomic mass is 16.2. The molecule has 0 heterocycles. The van der Waals surface area contributed by atoms with E-state index in [-0.39, 0.29) is 6.03 Å². The van der Waals surface area contributed by atoms with Crippen LogP contribution in [0.4, 0.5) is 4.79 Å². The SMILES string of the molecule is CN(C)C(=O)NCCNCc1ccc(C2CC2)cc1. The largest absolute Gasteiger partial charge is 0.337 e. The molecular formula is C15H23N3O. The van der Waals surface area contributed by atoms with E-state index in [9.17, 15) is 4.79 Å². The van der Waals surface area contributed by atoms with Gasteiger partial charge in [0.25, 0.3) is 0 Å². The molecule has 4 nitrogen and oxygen atoms in total. The summed E-state index contributed by atoms with van der Waals surface area (Å²) < 4.78 is 0. The van der Waals surface area contributed by atoms with Crippen LogP contribution in [0.2, 0.25) is 0 Å². The van der Waals surface area contributed by atoms with Crippen LogP contribution >= 0.6 is 0 Å². The molecule has 1 aromatic rings. The Morgan fingerprint density at radius 1 is 1.21 bits per heavy atom. The van der Waals surface area contributed by atoms with Crippen molar-refractivity contribution in [3.63, 3.8) is 0 Å². The minimum Gasteiger partial charge on any atom is -0.337 e. The quantitative estimate of drug-likeness (QED) is 0.769. The summed E-state index contributed by atoms with van der Waals surface area (Å²) in [7, 11) is 3.48. The van der Waals surface area contributed by atoms with Crippen molar-refractivity contribution in [1.82, 2.24) is 15.5 Å². The molecule has 0 bridgehead atoms. The van der Waals surface area contributed by atoms with Crippen molar-refractivity contribution in [2.24, 2.45) is 0 Å². The van der Waals surface area contributed by atoms with Crippen LogP contribution in [-0.4, -0.2) is 38.1 Å². The second-order valence-electron chi connectivity index (χ2n) is 5.32. The first-order valence-electron chi connectivity index (χ1n) is 6.91. The van der Waals surface area contributed by atoms with Crippen molar-refractivity contribution in [2.45, 2.75) is 25.3 Å². The lowest BCUT2D eigenvalue weighted by Crippen LogP contribution is -2.38. The third-order valence-corrected chi connectivity index (χ3v) is 3.34. The molecule has 1 aliphatic carbocycles. The Balaban J connectivity index is 1.61. The van der Waals surface area contributed by atoms with E-state index in [1.807, 2.05) is 0 Å². The van der Waals surface area contributed by atoms with Crippen molar-refractivity contribution in [1.29, 1.82) is 0 Å². The predicted octanol–water partition coefficient (Wildman–Crippen LogP) is 1.92. The van der Waals surface area contributed by atoms with E-state index >= 15 is 0 Å². The second-order valence-corrected chi connectivity index (χ2v) is 5.32. The zero-order valence-corrected chi connectivity index (χ0v) is 11.8. The van der Waals surface area contributed by atoms with Crippen LogP contribution in [0, 0.1) is 0 Å². The van der Waals surface area contributed by atoms with Crippen LogP contribution in [0.15, 0.2) is 24.3 Å². The van der Waals surface area contributed by atoms with E-state index < -0.39 is 0 Å². The Morgan fingerprint density at radius 2 is 1.89 bits per heavy atom. The molecule has 0 saturated heterocycles. The zero-order valence-electron chi connectivity index (χ0n) is 11.8. The van der Waals surface area contributed by atoms with Gasteiger partial charge in [0.2, 0.25) is 0 Å². The molecule has 2 amide bonds. The van der Waals surface area contributed by atoms with E-state index in [2.05, 4.69) is 34.9 Å². The minimum absolute atomic E-state index is 0.0458. The second kappa shape index (κ2) is 6.57. The molecule has 0 aliphatic heterocycles. The van der Waals surface area contributed by atoms with Crippen LogP contribution < -0.4 is 10.6 Å². The number of hydrogen-bond acceptors (Lipinski definition) is 2. The van der Waals surface area contributed by atoms with Gasteiger partial charge in [-0.05, 0) is 29.9 Å². The molecule has 19 heavy (non-hydrogen) atoms. The predicted molar refractivity (Wildman–Crippen MR) is 77.2 cm³/mol. The van der Waals surface area contributed by atoms with Crippen LogP contribution in [0.3, 0.4) is 0 Å². The number of nitrogens with zero attached hydrogens (tertiary/aromatic N) is 1. The fraction of sp³-hybridized carbons (Fsp3) is 0.533. The maximum Gasteiger partial charge on any atom is 0.316 e. The highest BCUT2D eigenvalue weighted by Crippen LogP contribution is 2.39. The molecular weight excluding hydrogens is 238 g/mol. The van der Waals surface area contributed by atoms with E-state index in [0.717, 1.165) is 19.0 Å². The van der Waals surface area contributed by atoms with Crippen LogP contribution in [0.1, 0.15) is 29.9 Å². The summed E-state index contributed by atoms with van der Waals surface area (Å²) in [4.78, 5) is 12.8. The van der Waals surface area contributed by atoms with Crippen molar-refractivity contribution >= 4 is 6.03 Å². The smallest absolute Gasteiger partial charge is 0.316 e. The Kier molecular flexibility index (Phi) is 4.80. The summed E-state index contributed by atoms with van der Waals surface area (Å²) in [6.45, 7) is 2.28. The molecule has 0 spiro atoms. The summed E-state index contributed by atoms with van der Waals surface area (Å²) in [5.41, 5.74) is 2.77. The Morgan fingerprint density at radius 3 is 2.47 bits per heavy atom. The van der Waals surface area contributed by atoms with Crippen molar-refractivity contribution < 1.29 is 4.79 Å². The molecule has 0 unspecified atom stereocenters. The summed E-state index contributed by atoms with van der Waals surface area (Å²) in [5.74, 6) is 0.822. The van der Waals surface area contributed by atoms with Gasteiger partial charge in [0.1, 0.15) is 0 Å². The number of benzene rings is 1. The van der Waals surface area contributed by atoms with Gasteiger partial charge in [-0.25, -0.2) is 4.79 Å². The minimum atomic E-state index is -0.0458. The molecule has 2 N–H and O–H groups in total. The lowest BCUT2D eigenvalue weighted by atomic mass is 10.1. The van der Waals surface area contributed by atoms with Gasteiger partial charge >= 0.3 is 6.03 Å². The molecule has 2 rings (SSSR count). The van der Waals surface area contributed by atoms with Gasteiger partial charge in [-0.2, -0.15) is 0 Å². The first kappa shape index (κ1) is 13.9. The van der Waals surface area contributed by atoms with Gasteiger partial charge in [0.15, 0.2) is 0 Å². The topological polar surface area (TPSA) is 44.4 Å². The maximum atomic E-state index is 11.3. The monoisotopic (exact) mass is 261 g/mol. The van der Waals surface area contributed by atoms with Crippen LogP contribution in [0.25, 0.3) is 0 Å². The summed E-state index contributed by atoms with van der Waals surface area (Å²) >= 11 is 0. The molecule has 104 valence electrons. The summed E-state index contributed by atoms with van der Waals surface area (Å²) in [6.07, 6.45) is 2.70. The van der Waals surface area contributed by atoms with Crippen LogP contribution in [-0.2, 0) is 6.54 Å². The summed E-state index contributed by atoms with van der Waals surface area (Å²) in [5, 5.41) is 6.15. The lowest BCUT2D eigenvalue weighted by molar-refractivity contribution is 0.217. The van der Waals surface area contributed by atoms with Gasteiger partial charge in [0.05, 0.1) is 0 Å². The third-order valence-electron chi connectivity index (χ3n) is 3.34. The molecule has 1 aromatic carbocycles. The standard InChI is InChI=1S/C15H23N3O/c1-18(2)15(19)17-10-9-16-11-12-3-5-13(6-4-12)14-7-8-14/h3-6,14,16H,7-11H2,1-2H3,(H,17,19). The van der Waals surface area contributed by atoms with E-state index in [1.165, 1.54) is 28.9 Å². The molecule has 4 heteroatoms. The number of hydrogen-bond donors (Lipinski definition) is 2. The van der Waals surface area contributed by atoms with Gasteiger partial charge in [0, 0.05) is 33.7 Å². The van der Waals surface area contributed by atoms with E-state index in [4.69, 9.17) is 0 Å². The number of amides is 2. The Hall–Kier alpha value is -1.55. The highest BCUT2D eigenvalue weighted by molar-refractivity contribution is 5.73. The maximum absolute atomic E-state index is 11.3. The Bertz CT molecular complexity index is 410. The lowest BCUT2D eigenvalue weighted by Gasteiger charge is -2.12. The third kappa shape index (κ3) is 4.56. The number of nitrogens with one attached hydrogen (secondary N) is 2. The molecule has 1 fully saturated rings. The van der Waals surface area contributed by atoms with Crippen LogP contribution in [0.5, 0.6) is 0 Å². The van der Waals surface area contributed by atoms with E-state index in [1.54, 1.807) is 14.1 Å². The normalized spacial score (nSPS) is 14.2. The van der Waals surface area contributed by atoms with Gasteiger partial charge in [-0.15, -0.1) is 0 Å². The fourth-order valence-corrected chi connectivity index (χ4v) is 1.97. The first-order valence-corrected chi connectivity index (χ1v) is 6.91. The van der Waals surface area contributed by atoms with Crippen molar-refractivity contribution in [2.75, 3.05) is 27.2 Å².